The van der Waals surface area contributed by atoms with Crippen molar-refractivity contribution in [2.24, 2.45) is 0 Å². The van der Waals surface area contributed by atoms with Crippen molar-refractivity contribution in [2.75, 3.05) is 4.90 Å². The van der Waals surface area contributed by atoms with E-state index in [-0.39, 0.29) is 0 Å². The van der Waals surface area contributed by atoms with Gasteiger partial charge in [-0.25, -0.2) is 0 Å². The van der Waals surface area contributed by atoms with Crippen molar-refractivity contribution in [3.05, 3.63) is 192 Å². The Hall–Kier alpha value is -7.69. The van der Waals surface area contributed by atoms with Gasteiger partial charge in [-0.05, 0) is 90.5 Å². The molecule has 12 rings (SSSR count). The molecule has 0 N–H and O–H groups in total. The van der Waals surface area contributed by atoms with Gasteiger partial charge in [-0.3, -0.25) is 9.97 Å². The van der Waals surface area contributed by atoms with Crippen LogP contribution in [0.4, 0.5) is 17.1 Å². The Morgan fingerprint density at radius 3 is 2.00 bits per heavy atom. The molecule has 1 aliphatic carbocycles. The van der Waals surface area contributed by atoms with Crippen LogP contribution in [0.15, 0.2) is 164 Å². The summed E-state index contributed by atoms with van der Waals surface area (Å²) in [7, 11) is 0. The summed E-state index contributed by atoms with van der Waals surface area (Å²) in [5.74, 6) is 3.12. The number of para-hydroxylation sites is 6. The lowest BCUT2D eigenvalue weighted by molar-refractivity contribution is 0.436. The van der Waals surface area contributed by atoms with Gasteiger partial charge in [0.25, 0.3) is 0 Å². The molecule has 55 heavy (non-hydrogen) atoms. The lowest BCUT2D eigenvalue weighted by Gasteiger charge is -2.39. The molecular weight excluding hydrogens is 679 g/mol. The molecule has 1 spiro atoms. The standard InChI is InChI=1S/C48H27N5O2/c49-27-29-19-21-39-33(24-29)32-10-1-3-13-38(32)52(39)30-20-22-43-36(25-30)48(34-11-2-6-16-42(34)54-43)35-12-9-23-50-46(35)47-37(48)26-31(28-51-47)53-40-14-4-7-17-44(40)55-45-18-8-5-15-41(45)53/h1-26,28H. The largest absolute Gasteiger partial charge is 0.457 e. The maximum absolute atomic E-state index is 9.79. The minimum absolute atomic E-state index is 0.630. The lowest BCUT2D eigenvalue weighted by atomic mass is 9.66. The zero-order valence-corrected chi connectivity index (χ0v) is 29.1. The average Bonchev–Trinajstić information content (AvgIpc) is 3.73. The summed E-state index contributed by atoms with van der Waals surface area (Å²) in [4.78, 5) is 12.5. The molecular formula is C48H27N5O2. The molecule has 256 valence electrons. The molecule has 3 aromatic heterocycles. The number of nitriles is 1. The van der Waals surface area contributed by atoms with E-state index in [0.717, 1.165) is 101 Å². The van der Waals surface area contributed by atoms with E-state index in [2.05, 4.69) is 88.3 Å². The Labute approximate surface area is 315 Å². The van der Waals surface area contributed by atoms with E-state index < -0.39 is 5.41 Å². The highest BCUT2D eigenvalue weighted by Crippen LogP contribution is 2.62. The SMILES string of the molecule is N#Cc1ccc2c(c1)c1ccccc1n2-c1ccc2c(c1)C1(c3ccccc3O2)c2cccnc2-c2ncc(N3c4ccccc4Oc4ccccc43)cc21. The lowest BCUT2D eigenvalue weighted by Crippen LogP contribution is -2.32. The average molecular weight is 706 g/mol. The molecule has 0 radical (unpaired) electrons. The van der Waals surface area contributed by atoms with Crippen molar-refractivity contribution in [2.45, 2.75) is 5.41 Å². The third kappa shape index (κ3) is 3.92. The number of nitrogens with zero attached hydrogens (tertiary/aromatic N) is 5. The Bertz CT molecular complexity index is 3110. The molecule has 0 saturated carbocycles. The van der Waals surface area contributed by atoms with Gasteiger partial charge in [0.2, 0.25) is 0 Å². The fourth-order valence-corrected chi connectivity index (χ4v) is 9.14. The highest BCUT2D eigenvalue weighted by Gasteiger charge is 2.53. The van der Waals surface area contributed by atoms with E-state index in [1.807, 2.05) is 91.3 Å². The number of ether oxygens (including phenoxy) is 2. The van der Waals surface area contributed by atoms with Crippen molar-refractivity contribution in [1.29, 1.82) is 5.26 Å². The van der Waals surface area contributed by atoms with Gasteiger partial charge in [0.15, 0.2) is 11.5 Å². The molecule has 7 heteroatoms. The van der Waals surface area contributed by atoms with Crippen molar-refractivity contribution in [3.63, 3.8) is 0 Å². The molecule has 1 unspecified atom stereocenters. The van der Waals surface area contributed by atoms with E-state index in [0.29, 0.717) is 5.56 Å². The van der Waals surface area contributed by atoms with Crippen LogP contribution in [0.25, 0.3) is 38.9 Å². The molecule has 7 nitrogen and oxygen atoms in total. The van der Waals surface area contributed by atoms with Gasteiger partial charge in [0.05, 0.1) is 62.7 Å². The third-order valence-electron chi connectivity index (χ3n) is 11.3. The Balaban J connectivity index is 1.16. The number of benzene rings is 6. The third-order valence-corrected chi connectivity index (χ3v) is 11.3. The second-order valence-corrected chi connectivity index (χ2v) is 14.1. The van der Waals surface area contributed by atoms with Crippen LogP contribution in [-0.2, 0) is 5.41 Å². The molecule has 9 aromatic rings. The van der Waals surface area contributed by atoms with Crippen molar-refractivity contribution >= 4 is 38.9 Å². The van der Waals surface area contributed by atoms with Crippen LogP contribution in [0.5, 0.6) is 23.0 Å². The molecule has 3 aliphatic rings. The Morgan fingerprint density at radius 2 is 1.16 bits per heavy atom. The zero-order valence-electron chi connectivity index (χ0n) is 29.1. The van der Waals surface area contributed by atoms with Gasteiger partial charge in [-0.15, -0.1) is 0 Å². The number of anilines is 3. The maximum Gasteiger partial charge on any atom is 0.151 e. The summed E-state index contributed by atoms with van der Waals surface area (Å²) in [5, 5.41) is 11.9. The topological polar surface area (TPSA) is 76.2 Å². The molecule has 1 atom stereocenters. The number of rotatable bonds is 2. The van der Waals surface area contributed by atoms with Crippen LogP contribution in [0.1, 0.15) is 27.8 Å². The van der Waals surface area contributed by atoms with Crippen LogP contribution in [-0.4, -0.2) is 14.5 Å². The number of hydrogen-bond donors (Lipinski definition) is 0. The van der Waals surface area contributed by atoms with E-state index in [9.17, 15) is 5.26 Å². The van der Waals surface area contributed by atoms with E-state index >= 15 is 0 Å². The van der Waals surface area contributed by atoms with Gasteiger partial charge in [0.1, 0.15) is 11.5 Å². The molecule has 0 saturated heterocycles. The van der Waals surface area contributed by atoms with Crippen LogP contribution in [0.3, 0.4) is 0 Å². The summed E-state index contributed by atoms with van der Waals surface area (Å²) in [6.45, 7) is 0. The summed E-state index contributed by atoms with van der Waals surface area (Å²) in [5.41, 5.74) is 11.4. The first-order valence-electron chi connectivity index (χ1n) is 18.2. The maximum atomic E-state index is 9.79. The van der Waals surface area contributed by atoms with Crippen molar-refractivity contribution in [1.82, 2.24) is 14.5 Å². The van der Waals surface area contributed by atoms with Gasteiger partial charge < -0.3 is 18.9 Å². The normalized spacial score (nSPS) is 15.6. The first-order valence-corrected chi connectivity index (χ1v) is 18.2. The summed E-state index contributed by atoms with van der Waals surface area (Å²) < 4.78 is 15.5. The van der Waals surface area contributed by atoms with Gasteiger partial charge in [0, 0.05) is 39.3 Å². The first-order chi connectivity index (χ1) is 27.2. The number of hydrogen-bond acceptors (Lipinski definition) is 6. The second kappa shape index (κ2) is 10.9. The van der Waals surface area contributed by atoms with E-state index in [4.69, 9.17) is 19.4 Å². The van der Waals surface area contributed by atoms with Crippen LogP contribution >= 0.6 is 0 Å². The van der Waals surface area contributed by atoms with Crippen LogP contribution in [0.2, 0.25) is 0 Å². The molecule has 0 amide bonds. The molecule has 0 fully saturated rings. The minimum Gasteiger partial charge on any atom is -0.457 e. The number of pyridine rings is 2. The Kier molecular flexibility index (Phi) is 5.92. The monoisotopic (exact) mass is 705 g/mol. The minimum atomic E-state index is -0.819. The summed E-state index contributed by atoms with van der Waals surface area (Å²) >= 11 is 0. The zero-order chi connectivity index (χ0) is 36.3. The van der Waals surface area contributed by atoms with Crippen molar-refractivity contribution in [3.8, 4) is 46.1 Å². The van der Waals surface area contributed by atoms with Crippen molar-refractivity contribution < 1.29 is 9.47 Å². The van der Waals surface area contributed by atoms with Gasteiger partial charge in [-0.1, -0.05) is 66.7 Å². The highest BCUT2D eigenvalue weighted by molar-refractivity contribution is 6.09. The van der Waals surface area contributed by atoms with E-state index in [1.165, 1.54) is 0 Å². The summed E-state index contributed by atoms with van der Waals surface area (Å²) in [6, 6.07) is 54.2. The van der Waals surface area contributed by atoms with Gasteiger partial charge in [-0.2, -0.15) is 5.26 Å². The fraction of sp³-hybridized carbons (Fsp3) is 0.0208. The van der Waals surface area contributed by atoms with E-state index in [1.54, 1.807) is 0 Å². The molecule has 0 bridgehead atoms. The molecule has 5 heterocycles. The van der Waals surface area contributed by atoms with Crippen LogP contribution in [0, 0.1) is 11.3 Å². The molecule has 2 aliphatic heterocycles. The smallest absolute Gasteiger partial charge is 0.151 e. The quantitative estimate of drug-likeness (QED) is 0.178. The Morgan fingerprint density at radius 1 is 0.509 bits per heavy atom. The highest BCUT2D eigenvalue weighted by atomic mass is 16.5. The molecule has 6 aromatic carbocycles. The van der Waals surface area contributed by atoms with Crippen LogP contribution < -0.4 is 14.4 Å². The van der Waals surface area contributed by atoms with Gasteiger partial charge >= 0.3 is 0 Å². The number of fused-ring (bicyclic) bond motifs is 14. The summed E-state index contributed by atoms with van der Waals surface area (Å²) in [6.07, 6.45) is 3.80. The predicted octanol–water partition coefficient (Wildman–Crippen LogP) is 11.5. The fourth-order valence-electron chi connectivity index (χ4n) is 9.14. The first kappa shape index (κ1) is 29.8. The second-order valence-electron chi connectivity index (χ2n) is 14.1. The number of aromatic nitrogens is 3. The predicted molar refractivity (Wildman–Crippen MR) is 213 cm³/mol.